The molecule has 0 aliphatic carbocycles. The van der Waals surface area contributed by atoms with Crippen LogP contribution >= 0.6 is 0 Å². The minimum absolute atomic E-state index is 0.0449. The first-order chi connectivity index (χ1) is 7.72. The number of ketones is 1. The van der Waals surface area contributed by atoms with Crippen LogP contribution in [0.2, 0.25) is 0 Å². The summed E-state index contributed by atoms with van der Waals surface area (Å²) in [5, 5.41) is 0.692. The first kappa shape index (κ1) is 10.2. The van der Waals surface area contributed by atoms with Crippen molar-refractivity contribution in [3.63, 3.8) is 0 Å². The number of Topliss-reactive ketones (excluding diaryl/α,β-unsaturated/α-hetero) is 1. The van der Waals surface area contributed by atoms with E-state index < -0.39 is 11.6 Å². The number of carbonyl (C=O) groups is 1. The van der Waals surface area contributed by atoms with Crippen molar-refractivity contribution < 1.29 is 9.18 Å². The molecule has 0 amide bonds. The van der Waals surface area contributed by atoms with Crippen molar-refractivity contribution in [3.05, 3.63) is 53.3 Å². The Morgan fingerprint density at radius 3 is 3.06 bits per heavy atom. The van der Waals surface area contributed by atoms with E-state index in [-0.39, 0.29) is 12.1 Å². The van der Waals surface area contributed by atoms with Crippen LogP contribution < -0.4 is 0 Å². The van der Waals surface area contributed by atoms with Crippen molar-refractivity contribution in [2.75, 3.05) is 6.54 Å². The van der Waals surface area contributed by atoms with Gasteiger partial charge in [-0.15, -0.1) is 0 Å². The molecule has 0 saturated heterocycles. The molecule has 0 saturated carbocycles. The average molecular weight is 214 g/mol. The first-order valence-electron chi connectivity index (χ1n) is 4.63. The molecule has 2 rings (SSSR count). The zero-order chi connectivity index (χ0) is 11.5. The fourth-order valence-electron chi connectivity index (χ4n) is 1.47. The number of aromatic nitrogens is 1. The average Bonchev–Trinajstić information content (AvgIpc) is 2.28. The third-order valence-electron chi connectivity index (χ3n) is 2.21. The normalized spacial score (nSPS) is 10.0. The molecule has 1 aromatic heterocycles. The van der Waals surface area contributed by atoms with Crippen molar-refractivity contribution in [2.24, 2.45) is 0 Å². The molecule has 0 fully saturated rings. The van der Waals surface area contributed by atoms with E-state index >= 15 is 0 Å². The second kappa shape index (κ2) is 4.07. The van der Waals surface area contributed by atoms with Crippen LogP contribution in [-0.2, 0) is 0 Å². The van der Waals surface area contributed by atoms with Crippen LogP contribution in [-0.4, -0.2) is 17.3 Å². The van der Waals surface area contributed by atoms with Crippen LogP contribution in [0.4, 0.5) is 4.39 Å². The second-order valence-electron chi connectivity index (χ2n) is 3.27. The van der Waals surface area contributed by atoms with Crippen LogP contribution in [0.3, 0.4) is 0 Å². The Labute approximate surface area is 91.4 Å². The summed E-state index contributed by atoms with van der Waals surface area (Å²) in [4.78, 5) is 18.4. The fraction of sp³-hybridized carbons (Fsp3) is 0.0833. The molecule has 3 nitrogen and oxygen atoms in total. The van der Waals surface area contributed by atoms with E-state index in [4.69, 9.17) is 6.57 Å². The van der Waals surface area contributed by atoms with Crippen molar-refractivity contribution >= 4 is 16.7 Å². The van der Waals surface area contributed by atoms with Gasteiger partial charge in [-0.05, 0) is 12.1 Å². The highest BCUT2D eigenvalue weighted by atomic mass is 19.1. The predicted molar refractivity (Wildman–Crippen MR) is 57.5 cm³/mol. The number of fused-ring (bicyclic) bond motifs is 1. The number of nitrogens with zero attached hydrogens (tertiary/aromatic N) is 2. The first-order valence-corrected chi connectivity index (χ1v) is 4.63. The Hall–Kier alpha value is -2.28. The van der Waals surface area contributed by atoms with E-state index in [0.717, 1.165) is 0 Å². The molecule has 0 bridgehead atoms. The lowest BCUT2D eigenvalue weighted by Crippen LogP contribution is -2.05. The monoisotopic (exact) mass is 214 g/mol. The molecule has 0 aliphatic heterocycles. The Bertz CT molecular complexity index is 601. The van der Waals surface area contributed by atoms with E-state index in [2.05, 4.69) is 9.83 Å². The number of pyridine rings is 1. The van der Waals surface area contributed by atoms with Gasteiger partial charge in [-0.1, -0.05) is 6.07 Å². The molecule has 4 heteroatoms. The topological polar surface area (TPSA) is 34.3 Å². The van der Waals surface area contributed by atoms with Gasteiger partial charge in [-0.2, -0.15) is 0 Å². The van der Waals surface area contributed by atoms with E-state index in [1.54, 1.807) is 18.3 Å². The van der Waals surface area contributed by atoms with Crippen molar-refractivity contribution in [3.8, 4) is 0 Å². The summed E-state index contributed by atoms with van der Waals surface area (Å²) in [6, 6.07) is 6.11. The van der Waals surface area contributed by atoms with Crippen LogP contribution in [0.5, 0.6) is 0 Å². The summed E-state index contributed by atoms with van der Waals surface area (Å²) in [6.07, 6.45) is 1.56. The molecule has 16 heavy (non-hydrogen) atoms. The number of halogens is 1. The van der Waals surface area contributed by atoms with Gasteiger partial charge in [0.1, 0.15) is 5.82 Å². The lowest BCUT2D eigenvalue weighted by atomic mass is 10.1. The molecule has 0 aliphatic rings. The number of carbonyl (C=O) groups excluding carboxylic acids is 1. The van der Waals surface area contributed by atoms with Gasteiger partial charge in [-0.25, -0.2) is 11.0 Å². The van der Waals surface area contributed by atoms with E-state index in [1.165, 1.54) is 12.1 Å². The summed E-state index contributed by atoms with van der Waals surface area (Å²) in [5.74, 6) is -1.13. The quantitative estimate of drug-likeness (QED) is 0.568. The smallest absolute Gasteiger partial charge is 0.276 e. The van der Waals surface area contributed by atoms with Gasteiger partial charge < -0.3 is 4.85 Å². The summed E-state index contributed by atoms with van der Waals surface area (Å²) in [6.45, 7) is 6.25. The third-order valence-corrected chi connectivity index (χ3v) is 2.21. The van der Waals surface area contributed by atoms with Crippen LogP contribution in [0.1, 0.15) is 10.4 Å². The number of hydrogen-bond donors (Lipinski definition) is 0. The molecule has 0 atom stereocenters. The van der Waals surface area contributed by atoms with Gasteiger partial charge in [0.25, 0.3) is 6.54 Å². The Balaban J connectivity index is 2.59. The van der Waals surface area contributed by atoms with Gasteiger partial charge in [0.2, 0.25) is 5.78 Å². The molecule has 0 N–H and O–H groups in total. The van der Waals surface area contributed by atoms with Gasteiger partial charge in [-0.3, -0.25) is 9.78 Å². The van der Waals surface area contributed by atoms with Crippen molar-refractivity contribution in [1.82, 2.24) is 4.98 Å². The van der Waals surface area contributed by atoms with Gasteiger partial charge >= 0.3 is 0 Å². The predicted octanol–water partition coefficient (Wildman–Crippen LogP) is 2.48. The fourth-order valence-corrected chi connectivity index (χ4v) is 1.47. The Morgan fingerprint density at radius 2 is 2.31 bits per heavy atom. The van der Waals surface area contributed by atoms with Crippen LogP contribution in [0.15, 0.2) is 30.5 Å². The largest absolute Gasteiger partial charge is 0.308 e. The highest BCUT2D eigenvalue weighted by Crippen LogP contribution is 2.17. The third kappa shape index (κ3) is 1.75. The molecular weight excluding hydrogens is 207 g/mol. The Kier molecular flexibility index (Phi) is 2.61. The molecule has 0 spiro atoms. The minimum Gasteiger partial charge on any atom is -0.308 e. The molecule has 78 valence electrons. The number of rotatable bonds is 2. The SMILES string of the molecule is [C-]#[N+]CC(=O)c1cc2cccnc2cc1F. The van der Waals surface area contributed by atoms with Gasteiger partial charge in [0, 0.05) is 17.6 Å². The Morgan fingerprint density at radius 1 is 1.50 bits per heavy atom. The number of benzene rings is 1. The summed E-state index contributed by atoms with van der Waals surface area (Å²) in [5.41, 5.74) is 0.455. The zero-order valence-electron chi connectivity index (χ0n) is 8.27. The highest BCUT2D eigenvalue weighted by molar-refractivity contribution is 6.01. The maximum Gasteiger partial charge on any atom is 0.276 e. The standard InChI is InChI=1S/C12H7FN2O/c1-14-7-12(16)9-5-8-3-2-4-15-11(8)6-10(9)13/h2-6H,7H2. The van der Waals surface area contributed by atoms with E-state index in [1.807, 2.05) is 0 Å². The lowest BCUT2D eigenvalue weighted by Gasteiger charge is -2.01. The second-order valence-corrected chi connectivity index (χ2v) is 3.27. The van der Waals surface area contributed by atoms with Crippen LogP contribution in [0.25, 0.3) is 15.7 Å². The highest BCUT2D eigenvalue weighted by Gasteiger charge is 2.15. The summed E-state index contributed by atoms with van der Waals surface area (Å²) >= 11 is 0. The van der Waals surface area contributed by atoms with Crippen LogP contribution in [0, 0.1) is 12.4 Å². The lowest BCUT2D eigenvalue weighted by molar-refractivity contribution is 0.101. The maximum absolute atomic E-state index is 13.5. The molecule has 1 aromatic carbocycles. The molecule has 2 aromatic rings. The molecular formula is C12H7FN2O. The molecule has 0 radical (unpaired) electrons. The van der Waals surface area contributed by atoms with Gasteiger partial charge in [0.15, 0.2) is 0 Å². The molecule has 1 heterocycles. The van der Waals surface area contributed by atoms with E-state index in [9.17, 15) is 9.18 Å². The number of hydrogen-bond acceptors (Lipinski definition) is 2. The summed E-state index contributed by atoms with van der Waals surface area (Å²) < 4.78 is 13.5. The van der Waals surface area contributed by atoms with Crippen molar-refractivity contribution in [2.45, 2.75) is 0 Å². The maximum atomic E-state index is 13.5. The summed E-state index contributed by atoms with van der Waals surface area (Å²) in [7, 11) is 0. The van der Waals surface area contributed by atoms with Gasteiger partial charge in [0.05, 0.1) is 11.1 Å². The zero-order valence-corrected chi connectivity index (χ0v) is 8.27. The van der Waals surface area contributed by atoms with Crippen molar-refractivity contribution in [1.29, 1.82) is 0 Å². The van der Waals surface area contributed by atoms with E-state index in [0.29, 0.717) is 10.9 Å². The molecule has 0 unspecified atom stereocenters. The minimum atomic E-state index is -0.625.